The van der Waals surface area contributed by atoms with Crippen LogP contribution in [0.25, 0.3) is 22.0 Å². The molecule has 9 heteroatoms. The minimum Gasteiger partial charge on any atom is -0.445 e. The number of rotatable bonds is 5. The van der Waals surface area contributed by atoms with Gasteiger partial charge in [0.2, 0.25) is 5.89 Å². The number of aromatic nitrogens is 5. The van der Waals surface area contributed by atoms with Crippen LogP contribution in [0.3, 0.4) is 0 Å². The maximum absolute atomic E-state index is 13.4. The molecule has 0 aliphatic carbocycles. The number of carbonyl (C=O) groups excluding carboxylic acids is 1. The molecule has 0 saturated carbocycles. The van der Waals surface area contributed by atoms with Crippen LogP contribution in [0, 0.1) is 6.92 Å². The summed E-state index contributed by atoms with van der Waals surface area (Å²) in [6, 6.07) is 8.64. The van der Waals surface area contributed by atoms with Crippen LogP contribution >= 0.6 is 0 Å². The highest BCUT2D eigenvalue weighted by Crippen LogP contribution is 2.33. The Hall–Kier alpha value is -4.50. The Morgan fingerprint density at radius 2 is 1.76 bits per heavy atom. The molecule has 5 aromatic heterocycles. The van der Waals surface area contributed by atoms with E-state index in [9.17, 15) is 9.90 Å². The lowest BCUT2D eigenvalue weighted by Gasteiger charge is -2.23. The predicted octanol–water partition coefficient (Wildman–Crippen LogP) is 3.26. The first-order chi connectivity index (χ1) is 16.1. The Morgan fingerprint density at radius 3 is 2.55 bits per heavy atom. The predicted molar refractivity (Wildman–Crippen MR) is 120 cm³/mol. The lowest BCUT2D eigenvalue weighted by molar-refractivity contribution is -0.133. The molecular weight excluding hydrogens is 420 g/mol. The summed E-state index contributed by atoms with van der Waals surface area (Å²) < 4.78 is 5.29. The van der Waals surface area contributed by atoms with Gasteiger partial charge in [-0.15, -0.1) is 0 Å². The van der Waals surface area contributed by atoms with Crippen LogP contribution < -0.4 is 5.32 Å². The van der Waals surface area contributed by atoms with Crippen molar-refractivity contribution in [1.82, 2.24) is 24.9 Å². The van der Waals surface area contributed by atoms with Gasteiger partial charge in [0, 0.05) is 47.5 Å². The van der Waals surface area contributed by atoms with Crippen LogP contribution in [-0.2, 0) is 10.4 Å². The van der Waals surface area contributed by atoms with E-state index < -0.39 is 11.5 Å². The molecule has 5 aromatic rings. The number of carbonyl (C=O) groups is 1. The third-order valence-corrected chi connectivity index (χ3v) is 5.37. The Balaban J connectivity index is 1.57. The first-order valence-corrected chi connectivity index (χ1v) is 10.1. The Labute approximate surface area is 188 Å². The number of anilines is 1. The topological polar surface area (TPSA) is 127 Å². The summed E-state index contributed by atoms with van der Waals surface area (Å²) in [5.41, 5.74) is 1.28. The van der Waals surface area contributed by atoms with Crippen molar-refractivity contribution in [2.45, 2.75) is 12.5 Å². The molecule has 2 N–H and O–H groups in total. The molecule has 0 aromatic carbocycles. The zero-order valence-electron chi connectivity index (χ0n) is 17.5. The van der Waals surface area contributed by atoms with Crippen LogP contribution in [0.2, 0.25) is 0 Å². The Kier molecular flexibility index (Phi) is 5.08. The van der Waals surface area contributed by atoms with Crippen LogP contribution in [0.1, 0.15) is 17.1 Å². The van der Waals surface area contributed by atoms with Gasteiger partial charge < -0.3 is 14.8 Å². The molecule has 0 radical (unpaired) electrons. The minimum atomic E-state index is -2.24. The van der Waals surface area contributed by atoms with Gasteiger partial charge in [-0.2, -0.15) is 0 Å². The lowest BCUT2D eigenvalue weighted by Crippen LogP contribution is -2.42. The highest BCUT2D eigenvalue weighted by atomic mass is 16.4. The normalized spacial score (nSPS) is 12.9. The van der Waals surface area contributed by atoms with E-state index in [2.05, 4.69) is 30.2 Å². The molecule has 162 valence electrons. The van der Waals surface area contributed by atoms with Gasteiger partial charge in [0.25, 0.3) is 11.5 Å². The summed E-state index contributed by atoms with van der Waals surface area (Å²) in [6.07, 6.45) is 12.5. The highest BCUT2D eigenvalue weighted by molar-refractivity contribution is 6.01. The number of oxazole rings is 1. The summed E-state index contributed by atoms with van der Waals surface area (Å²) in [4.78, 5) is 34.6. The molecule has 0 bridgehead atoms. The van der Waals surface area contributed by atoms with Crippen molar-refractivity contribution in [2.75, 3.05) is 5.32 Å². The zero-order valence-corrected chi connectivity index (χ0v) is 17.5. The van der Waals surface area contributed by atoms with Gasteiger partial charge in [-0.1, -0.05) is 6.07 Å². The van der Waals surface area contributed by atoms with Crippen LogP contribution in [0.15, 0.2) is 84.4 Å². The summed E-state index contributed by atoms with van der Waals surface area (Å²) in [7, 11) is 0. The Bertz CT molecular complexity index is 1430. The quantitative estimate of drug-likeness (QED) is 0.428. The van der Waals surface area contributed by atoms with Crippen LogP contribution in [-0.4, -0.2) is 35.9 Å². The number of aliphatic hydroxyl groups is 1. The van der Waals surface area contributed by atoms with Gasteiger partial charge in [0.05, 0.1) is 29.3 Å². The minimum absolute atomic E-state index is 0.0779. The molecule has 0 saturated heterocycles. The zero-order chi connectivity index (χ0) is 22.8. The van der Waals surface area contributed by atoms with Gasteiger partial charge in [0.1, 0.15) is 6.26 Å². The summed E-state index contributed by atoms with van der Waals surface area (Å²) in [5, 5.41) is 15.1. The molecule has 5 rings (SSSR count). The van der Waals surface area contributed by atoms with Gasteiger partial charge in [0.15, 0.2) is 0 Å². The van der Waals surface area contributed by atoms with Crippen molar-refractivity contribution in [3.8, 4) is 11.1 Å². The monoisotopic (exact) mass is 438 g/mol. The number of amides is 1. The molecule has 33 heavy (non-hydrogen) atoms. The molecule has 5 heterocycles. The Morgan fingerprint density at radius 1 is 0.939 bits per heavy atom. The molecule has 0 aliphatic heterocycles. The molecule has 0 fully saturated rings. The number of hydrogen-bond acceptors (Lipinski definition) is 8. The van der Waals surface area contributed by atoms with Gasteiger partial charge in [-0.05, 0) is 36.8 Å². The van der Waals surface area contributed by atoms with E-state index >= 15 is 0 Å². The standard InChI is InChI=1S/C24H18N6O3/c1-15-17(18-13-25-11-16-5-4-8-28-21(16)18)12-26-14-19(15)30-22(31)24(32,23-29-9-10-33-23)20-6-2-3-7-27-20/h2-14,32H,1H3,(H,30,31). The number of nitrogens with one attached hydrogen (secondary N) is 1. The van der Waals surface area contributed by atoms with Crippen LogP contribution in [0.4, 0.5) is 5.69 Å². The summed E-state index contributed by atoms with van der Waals surface area (Å²) >= 11 is 0. The second kappa shape index (κ2) is 8.21. The van der Waals surface area contributed by atoms with E-state index in [1.54, 1.807) is 36.9 Å². The molecule has 0 spiro atoms. The maximum Gasteiger partial charge on any atom is 0.272 e. The van der Waals surface area contributed by atoms with E-state index in [1.165, 1.54) is 30.9 Å². The number of nitrogens with zero attached hydrogens (tertiary/aromatic N) is 5. The molecule has 1 amide bonds. The summed E-state index contributed by atoms with van der Waals surface area (Å²) in [6.45, 7) is 1.85. The first-order valence-electron chi connectivity index (χ1n) is 10.1. The second-order valence-electron chi connectivity index (χ2n) is 7.34. The fourth-order valence-corrected chi connectivity index (χ4v) is 3.63. The van der Waals surface area contributed by atoms with Gasteiger partial charge in [-0.25, -0.2) is 4.98 Å². The second-order valence-corrected chi connectivity index (χ2v) is 7.34. The third kappa shape index (κ3) is 3.50. The van der Waals surface area contributed by atoms with Gasteiger partial charge in [-0.3, -0.25) is 24.7 Å². The van der Waals surface area contributed by atoms with E-state index in [0.717, 1.165) is 27.6 Å². The van der Waals surface area contributed by atoms with E-state index in [-0.39, 0.29) is 11.6 Å². The molecule has 1 unspecified atom stereocenters. The first kappa shape index (κ1) is 20.4. The highest BCUT2D eigenvalue weighted by Gasteiger charge is 2.46. The maximum atomic E-state index is 13.4. The van der Waals surface area contributed by atoms with Crippen molar-refractivity contribution in [2.24, 2.45) is 0 Å². The van der Waals surface area contributed by atoms with Crippen molar-refractivity contribution >= 4 is 22.5 Å². The summed E-state index contributed by atoms with van der Waals surface area (Å²) in [5.74, 6) is -0.970. The van der Waals surface area contributed by atoms with E-state index in [4.69, 9.17) is 4.42 Å². The lowest BCUT2D eigenvalue weighted by atomic mass is 9.96. The third-order valence-electron chi connectivity index (χ3n) is 5.37. The number of pyridine rings is 4. The van der Waals surface area contributed by atoms with E-state index in [0.29, 0.717) is 5.69 Å². The smallest absolute Gasteiger partial charge is 0.272 e. The SMILES string of the molecule is Cc1c(NC(=O)C(O)(c2ccccn2)c2ncco2)cncc1-c1cncc2cccnc12. The van der Waals surface area contributed by atoms with Crippen molar-refractivity contribution in [3.05, 3.63) is 97.1 Å². The molecule has 0 aliphatic rings. The molecule has 9 nitrogen and oxygen atoms in total. The fourth-order valence-electron chi connectivity index (χ4n) is 3.63. The van der Waals surface area contributed by atoms with Gasteiger partial charge >= 0.3 is 0 Å². The van der Waals surface area contributed by atoms with Crippen molar-refractivity contribution in [3.63, 3.8) is 0 Å². The van der Waals surface area contributed by atoms with Crippen molar-refractivity contribution in [1.29, 1.82) is 0 Å². The van der Waals surface area contributed by atoms with E-state index in [1.807, 2.05) is 19.1 Å². The molecular formula is C24H18N6O3. The largest absolute Gasteiger partial charge is 0.445 e. The van der Waals surface area contributed by atoms with Crippen molar-refractivity contribution < 1.29 is 14.3 Å². The fraction of sp³-hybridized carbons (Fsp3) is 0.0833. The molecule has 1 atom stereocenters. The van der Waals surface area contributed by atoms with Crippen LogP contribution in [0.5, 0.6) is 0 Å². The average Bonchev–Trinajstić information content (AvgIpc) is 3.41. The number of fused-ring (bicyclic) bond motifs is 1. The number of hydrogen-bond donors (Lipinski definition) is 2. The average molecular weight is 438 g/mol.